The molecule has 0 saturated carbocycles. The van der Waals surface area contributed by atoms with Crippen LogP contribution in [0.2, 0.25) is 10.0 Å². The van der Waals surface area contributed by atoms with E-state index in [2.05, 4.69) is 9.80 Å². The second kappa shape index (κ2) is 8.34. The topological polar surface area (TPSA) is 56.9 Å². The smallest absolute Gasteiger partial charge is 0.185 e. The molecule has 1 aliphatic rings. The normalized spacial score (nSPS) is 16.3. The second-order valence-corrected chi connectivity index (χ2v) is 6.95. The predicted molar refractivity (Wildman–Crippen MR) is 97.9 cm³/mol. The molecular weight excluding hydrogens is 363 g/mol. The third-order valence-corrected chi connectivity index (χ3v) is 5.02. The first-order valence-corrected chi connectivity index (χ1v) is 8.92. The van der Waals surface area contributed by atoms with Crippen molar-refractivity contribution in [2.45, 2.75) is 19.7 Å². The molecule has 25 heavy (non-hydrogen) atoms. The fourth-order valence-electron chi connectivity index (χ4n) is 2.98. The van der Waals surface area contributed by atoms with Crippen LogP contribution in [0.1, 0.15) is 17.1 Å². The first kappa shape index (κ1) is 18.4. The molecule has 1 aliphatic heterocycles. The maximum absolute atomic E-state index is 11.6. The van der Waals surface area contributed by atoms with Gasteiger partial charge in [0, 0.05) is 60.5 Å². The molecule has 1 saturated heterocycles. The number of benzene rings is 1. The van der Waals surface area contributed by atoms with Gasteiger partial charge < -0.3 is 9.52 Å². The molecule has 3 rings (SSSR count). The molecular formula is C18H20Cl2N2O3. The highest BCUT2D eigenvalue weighted by molar-refractivity contribution is 6.35. The van der Waals surface area contributed by atoms with Crippen molar-refractivity contribution in [1.82, 2.24) is 9.80 Å². The fourth-order valence-corrected chi connectivity index (χ4v) is 3.49. The number of nitrogens with zero attached hydrogens (tertiary/aromatic N) is 2. The Labute approximate surface area is 156 Å². The molecule has 1 aromatic heterocycles. The van der Waals surface area contributed by atoms with E-state index in [9.17, 15) is 4.79 Å². The van der Waals surface area contributed by atoms with Crippen LogP contribution in [0.4, 0.5) is 0 Å². The van der Waals surface area contributed by atoms with Gasteiger partial charge in [0.05, 0.1) is 6.54 Å². The van der Waals surface area contributed by atoms with Gasteiger partial charge in [-0.1, -0.05) is 29.3 Å². The average molecular weight is 383 g/mol. The van der Waals surface area contributed by atoms with E-state index in [0.29, 0.717) is 28.1 Å². The lowest BCUT2D eigenvalue weighted by Crippen LogP contribution is -2.45. The molecule has 0 amide bonds. The van der Waals surface area contributed by atoms with E-state index in [1.54, 1.807) is 0 Å². The minimum Gasteiger partial charge on any atom is -0.462 e. The van der Waals surface area contributed by atoms with E-state index in [1.165, 1.54) is 12.1 Å². The minimum atomic E-state index is -0.268. The molecule has 0 unspecified atom stereocenters. The van der Waals surface area contributed by atoms with Crippen LogP contribution < -0.4 is 5.43 Å². The Morgan fingerprint density at radius 3 is 2.12 bits per heavy atom. The van der Waals surface area contributed by atoms with Crippen molar-refractivity contribution in [2.75, 3.05) is 26.2 Å². The number of piperazine rings is 1. The summed E-state index contributed by atoms with van der Waals surface area (Å²) in [6.07, 6.45) is 0. The second-order valence-electron chi connectivity index (χ2n) is 6.14. The van der Waals surface area contributed by atoms with Gasteiger partial charge in [-0.25, -0.2) is 0 Å². The number of aliphatic hydroxyl groups is 1. The summed E-state index contributed by atoms with van der Waals surface area (Å²) >= 11 is 12.5. The maximum Gasteiger partial charge on any atom is 0.185 e. The fraction of sp³-hybridized carbons (Fsp3) is 0.389. The van der Waals surface area contributed by atoms with Crippen molar-refractivity contribution in [2.24, 2.45) is 0 Å². The molecule has 0 radical (unpaired) electrons. The van der Waals surface area contributed by atoms with Crippen molar-refractivity contribution >= 4 is 23.2 Å². The van der Waals surface area contributed by atoms with Crippen molar-refractivity contribution in [1.29, 1.82) is 0 Å². The summed E-state index contributed by atoms with van der Waals surface area (Å²) in [5.41, 5.74) is 0.818. The number of rotatable bonds is 5. The van der Waals surface area contributed by atoms with Crippen LogP contribution >= 0.6 is 23.2 Å². The lowest BCUT2D eigenvalue weighted by Gasteiger charge is -2.34. The summed E-state index contributed by atoms with van der Waals surface area (Å²) in [4.78, 5) is 16.1. The first-order chi connectivity index (χ1) is 12.0. The molecule has 1 aromatic carbocycles. The van der Waals surface area contributed by atoms with Gasteiger partial charge in [-0.3, -0.25) is 14.6 Å². The number of hydrogen-bond donors (Lipinski definition) is 1. The summed E-state index contributed by atoms with van der Waals surface area (Å²) in [5.74, 6) is 0.883. The minimum absolute atomic E-state index is 0.141. The molecule has 1 fully saturated rings. The van der Waals surface area contributed by atoms with Crippen LogP contribution in [-0.4, -0.2) is 41.1 Å². The largest absolute Gasteiger partial charge is 0.462 e. The number of halogens is 2. The lowest BCUT2D eigenvalue weighted by atomic mass is 10.2. The van der Waals surface area contributed by atoms with Gasteiger partial charge in [-0.2, -0.15) is 0 Å². The molecule has 5 nitrogen and oxygen atoms in total. The molecule has 0 atom stereocenters. The third kappa shape index (κ3) is 4.84. The third-order valence-electron chi connectivity index (χ3n) is 4.31. The highest BCUT2D eigenvalue weighted by atomic mass is 35.5. The van der Waals surface area contributed by atoms with E-state index in [4.69, 9.17) is 32.7 Å². The van der Waals surface area contributed by atoms with Crippen LogP contribution in [0.15, 0.2) is 39.5 Å². The standard InChI is InChI=1S/C18H20Cl2N2O3/c19-17-2-1-3-18(20)16(17)11-22-6-4-21(5-7-22)10-14-8-13(24)9-15(12-23)25-14/h1-3,8-9,23H,4-7,10-12H2. The Balaban J connectivity index is 1.57. The lowest BCUT2D eigenvalue weighted by molar-refractivity contribution is 0.113. The zero-order chi connectivity index (χ0) is 17.8. The Hall–Kier alpha value is -1.37. The van der Waals surface area contributed by atoms with Crippen molar-refractivity contribution in [3.8, 4) is 0 Å². The predicted octanol–water partition coefficient (Wildman–Crippen LogP) is 2.76. The van der Waals surface area contributed by atoms with E-state index in [0.717, 1.165) is 38.3 Å². The molecule has 2 aromatic rings. The Morgan fingerprint density at radius 1 is 0.960 bits per heavy atom. The summed E-state index contributed by atoms with van der Waals surface area (Å²) in [5, 5.41) is 10.5. The molecule has 0 spiro atoms. The molecule has 2 heterocycles. The SMILES string of the molecule is O=c1cc(CO)oc(CN2CCN(Cc3c(Cl)cccc3Cl)CC2)c1. The van der Waals surface area contributed by atoms with Crippen LogP contribution in [-0.2, 0) is 19.7 Å². The maximum atomic E-state index is 11.6. The monoisotopic (exact) mass is 382 g/mol. The van der Waals surface area contributed by atoms with Crippen LogP contribution in [0.25, 0.3) is 0 Å². The summed E-state index contributed by atoms with van der Waals surface area (Å²) < 4.78 is 5.52. The quantitative estimate of drug-likeness (QED) is 0.861. The van der Waals surface area contributed by atoms with E-state index in [1.807, 2.05) is 18.2 Å². The Morgan fingerprint density at radius 2 is 1.52 bits per heavy atom. The van der Waals surface area contributed by atoms with Crippen LogP contribution in [0, 0.1) is 0 Å². The van der Waals surface area contributed by atoms with Crippen molar-refractivity contribution < 1.29 is 9.52 Å². The van der Waals surface area contributed by atoms with Crippen molar-refractivity contribution in [3.05, 3.63) is 67.7 Å². The van der Waals surface area contributed by atoms with Crippen molar-refractivity contribution in [3.63, 3.8) is 0 Å². The summed E-state index contributed by atoms with van der Waals surface area (Å²) in [6.45, 7) is 4.49. The summed E-state index contributed by atoms with van der Waals surface area (Å²) in [6, 6.07) is 8.36. The van der Waals surface area contributed by atoms with Gasteiger partial charge in [-0.15, -0.1) is 0 Å². The zero-order valence-corrected chi connectivity index (χ0v) is 15.3. The molecule has 1 N–H and O–H groups in total. The zero-order valence-electron chi connectivity index (χ0n) is 13.8. The average Bonchev–Trinajstić information content (AvgIpc) is 2.59. The van der Waals surface area contributed by atoms with Gasteiger partial charge >= 0.3 is 0 Å². The number of aliphatic hydroxyl groups excluding tert-OH is 1. The van der Waals surface area contributed by atoms with E-state index >= 15 is 0 Å². The van der Waals surface area contributed by atoms with Gasteiger partial charge in [0.15, 0.2) is 5.43 Å². The van der Waals surface area contributed by atoms with Gasteiger partial charge in [0.1, 0.15) is 18.1 Å². The van der Waals surface area contributed by atoms with Crippen LogP contribution in [0.5, 0.6) is 0 Å². The summed E-state index contributed by atoms with van der Waals surface area (Å²) in [7, 11) is 0. The highest BCUT2D eigenvalue weighted by Gasteiger charge is 2.19. The van der Waals surface area contributed by atoms with Gasteiger partial charge in [0.2, 0.25) is 0 Å². The molecule has 0 bridgehead atoms. The highest BCUT2D eigenvalue weighted by Crippen LogP contribution is 2.26. The first-order valence-electron chi connectivity index (χ1n) is 8.16. The number of hydrogen-bond acceptors (Lipinski definition) is 5. The molecule has 134 valence electrons. The van der Waals surface area contributed by atoms with E-state index < -0.39 is 0 Å². The van der Waals surface area contributed by atoms with Crippen LogP contribution in [0.3, 0.4) is 0 Å². The van der Waals surface area contributed by atoms with E-state index in [-0.39, 0.29) is 12.0 Å². The Bertz CT molecular complexity index is 766. The van der Waals surface area contributed by atoms with Gasteiger partial charge in [0.25, 0.3) is 0 Å². The van der Waals surface area contributed by atoms with Gasteiger partial charge in [-0.05, 0) is 12.1 Å². The molecule has 0 aliphatic carbocycles. The Kier molecular flexibility index (Phi) is 6.15. The molecule has 7 heteroatoms.